The summed E-state index contributed by atoms with van der Waals surface area (Å²) >= 11 is 1.53. The quantitative estimate of drug-likeness (QED) is 0.410. The van der Waals surface area contributed by atoms with Crippen LogP contribution in [0, 0.1) is 11.3 Å². The molecule has 9 heteroatoms. The molecule has 4 atom stereocenters. The SMILES string of the molecule is CN(C(=O)c1ccc(C2CC2c2nc(C#N)nc3sccc23)cc1)C1CC2CCC(C1)N2C(=O)OC(C)(C)C. The Balaban J connectivity index is 1.11. The van der Waals surface area contributed by atoms with Gasteiger partial charge in [-0.15, -0.1) is 11.3 Å². The van der Waals surface area contributed by atoms with Crippen molar-refractivity contribution in [3.8, 4) is 6.07 Å². The Labute approximate surface area is 232 Å². The Morgan fingerprint density at radius 2 is 1.74 bits per heavy atom. The lowest BCUT2D eigenvalue weighted by Crippen LogP contribution is -2.53. The summed E-state index contributed by atoms with van der Waals surface area (Å²) in [4.78, 5) is 39.7. The molecule has 3 aliphatic rings. The van der Waals surface area contributed by atoms with Gasteiger partial charge in [0.1, 0.15) is 16.5 Å². The van der Waals surface area contributed by atoms with Crippen LogP contribution in [0.1, 0.15) is 92.2 Å². The highest BCUT2D eigenvalue weighted by Gasteiger charge is 2.46. The van der Waals surface area contributed by atoms with E-state index in [-0.39, 0.29) is 41.9 Å². The van der Waals surface area contributed by atoms with E-state index in [1.807, 2.05) is 61.2 Å². The van der Waals surface area contributed by atoms with Crippen molar-refractivity contribution in [1.29, 1.82) is 5.26 Å². The monoisotopic (exact) mass is 543 g/mol. The van der Waals surface area contributed by atoms with E-state index in [1.165, 1.54) is 16.9 Å². The minimum Gasteiger partial charge on any atom is -0.444 e. The van der Waals surface area contributed by atoms with Crippen LogP contribution in [0.4, 0.5) is 4.79 Å². The van der Waals surface area contributed by atoms with Crippen LogP contribution in [0.5, 0.6) is 0 Å². The van der Waals surface area contributed by atoms with Crippen molar-refractivity contribution in [1.82, 2.24) is 19.8 Å². The predicted molar refractivity (Wildman–Crippen MR) is 149 cm³/mol. The van der Waals surface area contributed by atoms with Gasteiger partial charge in [0, 0.05) is 42.0 Å². The lowest BCUT2D eigenvalue weighted by atomic mass is 9.95. The minimum absolute atomic E-state index is 0.0125. The zero-order chi connectivity index (χ0) is 27.5. The first-order valence-corrected chi connectivity index (χ1v) is 14.5. The van der Waals surface area contributed by atoms with Gasteiger partial charge in [-0.3, -0.25) is 4.79 Å². The molecule has 2 amide bonds. The smallest absolute Gasteiger partial charge is 0.410 e. The number of aromatic nitrogens is 2. The molecule has 0 radical (unpaired) electrons. The summed E-state index contributed by atoms with van der Waals surface area (Å²) in [7, 11) is 1.88. The van der Waals surface area contributed by atoms with Gasteiger partial charge >= 0.3 is 6.09 Å². The highest BCUT2D eigenvalue weighted by molar-refractivity contribution is 7.16. The summed E-state index contributed by atoms with van der Waals surface area (Å²) in [6.07, 6.45) is 4.21. The number of fused-ring (bicyclic) bond motifs is 3. The number of nitrogens with zero attached hydrogens (tertiary/aromatic N) is 5. The number of carbonyl (C=O) groups excluding carboxylic acids is 2. The third-order valence-electron chi connectivity index (χ3n) is 8.36. The van der Waals surface area contributed by atoms with Crippen molar-refractivity contribution in [2.24, 2.45) is 0 Å². The maximum atomic E-state index is 13.4. The molecule has 6 rings (SSSR count). The largest absolute Gasteiger partial charge is 0.444 e. The van der Waals surface area contributed by atoms with E-state index in [1.54, 1.807) is 0 Å². The zero-order valence-corrected chi connectivity index (χ0v) is 23.6. The van der Waals surface area contributed by atoms with Crippen LogP contribution in [0.3, 0.4) is 0 Å². The first-order valence-electron chi connectivity index (χ1n) is 13.7. The number of amides is 2. The van der Waals surface area contributed by atoms with Gasteiger partial charge in [0.15, 0.2) is 0 Å². The predicted octanol–water partition coefficient (Wildman–Crippen LogP) is 5.84. The van der Waals surface area contributed by atoms with Crippen LogP contribution in [-0.4, -0.2) is 62.5 Å². The highest BCUT2D eigenvalue weighted by atomic mass is 32.1. The number of rotatable bonds is 4. The fourth-order valence-corrected chi connectivity index (χ4v) is 7.17. The van der Waals surface area contributed by atoms with Gasteiger partial charge in [0.05, 0.1) is 5.69 Å². The lowest BCUT2D eigenvalue weighted by molar-refractivity contribution is -0.00112. The molecular formula is C30H33N5O3S. The summed E-state index contributed by atoms with van der Waals surface area (Å²) in [5, 5.41) is 12.4. The van der Waals surface area contributed by atoms with Gasteiger partial charge < -0.3 is 14.5 Å². The minimum atomic E-state index is -0.517. The van der Waals surface area contributed by atoms with E-state index in [4.69, 9.17) is 4.74 Å². The van der Waals surface area contributed by atoms with Crippen LogP contribution in [-0.2, 0) is 4.74 Å². The van der Waals surface area contributed by atoms with Crippen molar-refractivity contribution in [2.75, 3.05) is 7.05 Å². The van der Waals surface area contributed by atoms with E-state index in [0.29, 0.717) is 11.5 Å². The molecule has 1 aromatic carbocycles. The maximum Gasteiger partial charge on any atom is 0.410 e. The first kappa shape index (κ1) is 25.8. The van der Waals surface area contributed by atoms with E-state index in [9.17, 15) is 14.9 Å². The summed E-state index contributed by atoms with van der Waals surface area (Å²) in [5.74, 6) is 0.815. The second-order valence-corrected chi connectivity index (χ2v) is 13.0. The van der Waals surface area contributed by atoms with Crippen LogP contribution in [0.25, 0.3) is 10.2 Å². The van der Waals surface area contributed by atoms with Gasteiger partial charge in [-0.2, -0.15) is 5.26 Å². The molecule has 1 aliphatic carbocycles. The van der Waals surface area contributed by atoms with Crippen molar-refractivity contribution in [2.45, 2.75) is 88.4 Å². The number of benzene rings is 1. The highest BCUT2D eigenvalue weighted by Crippen LogP contribution is 2.55. The van der Waals surface area contributed by atoms with Gasteiger partial charge in [0.2, 0.25) is 5.82 Å². The van der Waals surface area contributed by atoms with E-state index in [2.05, 4.69) is 28.2 Å². The van der Waals surface area contributed by atoms with Crippen LogP contribution < -0.4 is 0 Å². The molecular weight excluding hydrogens is 510 g/mol. The molecule has 2 bridgehead atoms. The number of hydrogen-bond donors (Lipinski definition) is 0. The number of ether oxygens (including phenoxy) is 1. The molecule has 2 aromatic heterocycles. The summed E-state index contributed by atoms with van der Waals surface area (Å²) in [6, 6.07) is 12.4. The van der Waals surface area contributed by atoms with E-state index >= 15 is 0 Å². The van der Waals surface area contributed by atoms with Crippen molar-refractivity contribution in [3.63, 3.8) is 0 Å². The average molecular weight is 544 g/mol. The molecule has 2 saturated heterocycles. The van der Waals surface area contributed by atoms with E-state index in [0.717, 1.165) is 48.0 Å². The molecule has 2 aliphatic heterocycles. The Bertz CT molecular complexity index is 1460. The normalized spacial score (nSPS) is 25.8. The van der Waals surface area contributed by atoms with Crippen molar-refractivity contribution >= 4 is 33.6 Å². The summed E-state index contributed by atoms with van der Waals surface area (Å²) in [5.41, 5.74) is 2.30. The number of nitriles is 1. The van der Waals surface area contributed by atoms with Crippen LogP contribution >= 0.6 is 11.3 Å². The average Bonchev–Trinajstić information content (AvgIpc) is 3.47. The van der Waals surface area contributed by atoms with Crippen LogP contribution in [0.2, 0.25) is 0 Å². The molecule has 4 heterocycles. The van der Waals surface area contributed by atoms with E-state index < -0.39 is 5.60 Å². The number of carbonyl (C=O) groups is 2. The molecule has 3 aromatic rings. The van der Waals surface area contributed by atoms with Gasteiger partial charge in [0.25, 0.3) is 5.91 Å². The molecule has 8 nitrogen and oxygen atoms in total. The second kappa shape index (κ2) is 9.60. The Morgan fingerprint density at radius 1 is 1.05 bits per heavy atom. The molecule has 4 unspecified atom stereocenters. The standard InChI is InChI=1S/C30H33N5O3S/c1-30(2,3)38-29(37)35-19-9-10-20(35)14-21(13-19)34(4)28(36)18-7-5-17(6-8-18)23-15-24(23)26-22-11-12-39-27(22)33-25(16-31)32-26/h5-8,11-12,19-21,23-24H,9-10,13-15H2,1-4H3. The van der Waals surface area contributed by atoms with Gasteiger partial charge in [-0.05, 0) is 87.9 Å². The molecule has 0 spiro atoms. The second-order valence-electron chi connectivity index (χ2n) is 12.1. The van der Waals surface area contributed by atoms with Crippen molar-refractivity contribution in [3.05, 3.63) is 58.4 Å². The zero-order valence-electron chi connectivity index (χ0n) is 22.8. The Kier molecular flexibility index (Phi) is 6.34. The number of piperidine rings is 1. The third kappa shape index (κ3) is 4.87. The molecule has 1 saturated carbocycles. The van der Waals surface area contributed by atoms with Gasteiger partial charge in [-0.1, -0.05) is 12.1 Å². The fraction of sp³-hybridized carbons (Fsp3) is 0.500. The summed E-state index contributed by atoms with van der Waals surface area (Å²) < 4.78 is 5.66. The van der Waals surface area contributed by atoms with Crippen molar-refractivity contribution < 1.29 is 14.3 Å². The molecule has 0 N–H and O–H groups in total. The fourth-order valence-electron chi connectivity index (χ4n) is 6.40. The Morgan fingerprint density at radius 3 is 2.38 bits per heavy atom. The van der Waals surface area contributed by atoms with Crippen LogP contribution in [0.15, 0.2) is 35.7 Å². The maximum absolute atomic E-state index is 13.4. The van der Waals surface area contributed by atoms with Gasteiger partial charge in [-0.25, -0.2) is 14.8 Å². The lowest BCUT2D eigenvalue weighted by Gasteiger charge is -2.42. The summed E-state index contributed by atoms with van der Waals surface area (Å²) in [6.45, 7) is 5.68. The number of thiophene rings is 1. The topological polar surface area (TPSA) is 99.4 Å². The number of hydrogen-bond acceptors (Lipinski definition) is 7. The first-order chi connectivity index (χ1) is 18.6. The third-order valence-corrected chi connectivity index (χ3v) is 9.17. The Hall–Kier alpha value is -3.51. The molecule has 39 heavy (non-hydrogen) atoms. The molecule has 202 valence electrons. The molecule has 3 fully saturated rings.